The van der Waals surface area contributed by atoms with E-state index in [-0.39, 0.29) is 29.8 Å². The van der Waals surface area contributed by atoms with Crippen LogP contribution in [-0.4, -0.2) is 42.1 Å². The van der Waals surface area contributed by atoms with E-state index in [1.54, 1.807) is 12.3 Å². The first kappa shape index (κ1) is 17.9. The van der Waals surface area contributed by atoms with Gasteiger partial charge in [-0.05, 0) is 24.0 Å². The van der Waals surface area contributed by atoms with Crippen LogP contribution >= 0.6 is 12.4 Å². The highest BCUT2D eigenvalue weighted by Gasteiger charge is 2.33. The van der Waals surface area contributed by atoms with Gasteiger partial charge < -0.3 is 10.5 Å². The van der Waals surface area contributed by atoms with Gasteiger partial charge in [-0.3, -0.25) is 9.88 Å². The number of pyridine rings is 1. The number of rotatable bonds is 3. The monoisotopic (exact) mass is 313 g/mol. The fourth-order valence-electron chi connectivity index (χ4n) is 2.61. The van der Waals surface area contributed by atoms with E-state index in [4.69, 9.17) is 5.73 Å². The predicted molar refractivity (Wildman–Crippen MR) is 84.5 cm³/mol. The minimum Gasteiger partial charge on any atom is -0.465 e. The van der Waals surface area contributed by atoms with Crippen LogP contribution in [0.2, 0.25) is 0 Å². The van der Waals surface area contributed by atoms with Gasteiger partial charge in [-0.2, -0.15) is 0 Å². The lowest BCUT2D eigenvalue weighted by Crippen LogP contribution is -2.52. The Kier molecular flexibility index (Phi) is 6.13. The highest BCUT2D eigenvalue weighted by atomic mass is 35.5. The third-order valence-electron chi connectivity index (χ3n) is 4.02. The van der Waals surface area contributed by atoms with Crippen molar-refractivity contribution in [3.8, 4) is 0 Å². The summed E-state index contributed by atoms with van der Waals surface area (Å²) in [5.74, 6) is -0.353. The Labute approximate surface area is 132 Å². The number of hydrogen-bond acceptors (Lipinski definition) is 5. The smallest absolute Gasteiger partial charge is 0.339 e. The molecule has 1 saturated heterocycles. The molecule has 0 saturated carbocycles. The van der Waals surface area contributed by atoms with Gasteiger partial charge in [-0.15, -0.1) is 12.4 Å². The summed E-state index contributed by atoms with van der Waals surface area (Å²) in [4.78, 5) is 18.0. The fraction of sp³-hybridized carbons (Fsp3) is 0.600. The molecule has 1 aliphatic heterocycles. The molecule has 1 fully saturated rings. The Hall–Kier alpha value is -1.17. The molecule has 1 aliphatic rings. The van der Waals surface area contributed by atoms with E-state index in [1.165, 1.54) is 7.11 Å². The average Bonchev–Trinajstić information content (AvgIpc) is 2.42. The van der Waals surface area contributed by atoms with Crippen LogP contribution in [0.25, 0.3) is 0 Å². The third kappa shape index (κ3) is 4.40. The molecule has 2 rings (SSSR count). The maximum Gasteiger partial charge on any atom is 0.339 e. The van der Waals surface area contributed by atoms with Crippen molar-refractivity contribution in [3.05, 3.63) is 29.6 Å². The number of halogens is 1. The first-order valence-corrected chi connectivity index (χ1v) is 6.93. The lowest BCUT2D eigenvalue weighted by Gasteiger charge is -2.42. The van der Waals surface area contributed by atoms with E-state index in [1.807, 2.05) is 6.07 Å². The molecule has 0 spiro atoms. The summed E-state index contributed by atoms with van der Waals surface area (Å²) in [6, 6.07) is 3.90. The Balaban J connectivity index is 0.00000220. The minimum atomic E-state index is -0.353. The van der Waals surface area contributed by atoms with Crippen LogP contribution in [-0.2, 0) is 11.3 Å². The number of esters is 1. The molecule has 1 unspecified atom stereocenters. The molecule has 0 radical (unpaired) electrons. The topological polar surface area (TPSA) is 68.5 Å². The number of carbonyl (C=O) groups is 1. The quantitative estimate of drug-likeness (QED) is 0.863. The number of hydrogen-bond donors (Lipinski definition) is 1. The molecule has 1 aromatic heterocycles. The summed E-state index contributed by atoms with van der Waals surface area (Å²) >= 11 is 0. The van der Waals surface area contributed by atoms with Crippen LogP contribution in [0.15, 0.2) is 18.3 Å². The standard InChI is InChI=1S/C15H23N3O2.ClH/c1-15(2)10-18(7-6-13(15)16)9-12-5-4-11(8-17-12)14(19)20-3;/h4-5,8,13H,6-7,9-10,16H2,1-3H3;1H. The lowest BCUT2D eigenvalue weighted by molar-refractivity contribution is 0.0600. The van der Waals surface area contributed by atoms with Crippen molar-refractivity contribution in [3.63, 3.8) is 0 Å². The first-order valence-electron chi connectivity index (χ1n) is 6.93. The molecule has 0 aliphatic carbocycles. The number of methoxy groups -OCH3 is 1. The fourth-order valence-corrected chi connectivity index (χ4v) is 2.61. The normalized spacial score (nSPS) is 21.4. The first-order chi connectivity index (χ1) is 9.42. The van der Waals surface area contributed by atoms with Crippen molar-refractivity contribution in [1.29, 1.82) is 0 Å². The van der Waals surface area contributed by atoms with Crippen LogP contribution in [0, 0.1) is 5.41 Å². The van der Waals surface area contributed by atoms with Gasteiger partial charge >= 0.3 is 5.97 Å². The van der Waals surface area contributed by atoms with Crippen molar-refractivity contribution in [2.75, 3.05) is 20.2 Å². The number of aromatic nitrogens is 1. The average molecular weight is 314 g/mol. The SMILES string of the molecule is COC(=O)c1ccc(CN2CCC(N)C(C)(C)C2)nc1.Cl. The summed E-state index contributed by atoms with van der Waals surface area (Å²) in [6.07, 6.45) is 2.58. The summed E-state index contributed by atoms with van der Waals surface area (Å²) in [5, 5.41) is 0. The zero-order valence-electron chi connectivity index (χ0n) is 12.8. The Morgan fingerprint density at radius 1 is 1.52 bits per heavy atom. The largest absolute Gasteiger partial charge is 0.465 e. The van der Waals surface area contributed by atoms with E-state index >= 15 is 0 Å². The summed E-state index contributed by atoms with van der Waals surface area (Å²) in [5.41, 5.74) is 7.72. The summed E-state index contributed by atoms with van der Waals surface area (Å²) in [6.45, 7) is 7.16. The second-order valence-corrected chi connectivity index (χ2v) is 6.12. The van der Waals surface area contributed by atoms with Crippen LogP contribution in [0.3, 0.4) is 0 Å². The molecule has 2 heterocycles. The van der Waals surface area contributed by atoms with Crippen LogP contribution in [0.4, 0.5) is 0 Å². The second-order valence-electron chi connectivity index (χ2n) is 6.12. The zero-order chi connectivity index (χ0) is 14.8. The zero-order valence-corrected chi connectivity index (χ0v) is 13.7. The van der Waals surface area contributed by atoms with Crippen LogP contribution < -0.4 is 5.73 Å². The Bertz CT molecular complexity index is 476. The molecule has 0 amide bonds. The van der Waals surface area contributed by atoms with Crippen molar-refractivity contribution in [2.24, 2.45) is 11.1 Å². The maximum absolute atomic E-state index is 11.3. The molecule has 6 heteroatoms. The molecule has 118 valence electrons. The molecular formula is C15H24ClN3O2. The van der Waals surface area contributed by atoms with Gasteiger partial charge in [0.2, 0.25) is 0 Å². The molecule has 2 N–H and O–H groups in total. The number of likely N-dealkylation sites (tertiary alicyclic amines) is 1. The third-order valence-corrected chi connectivity index (χ3v) is 4.02. The number of nitrogens with two attached hydrogens (primary N) is 1. The molecule has 1 atom stereocenters. The minimum absolute atomic E-state index is 0. The van der Waals surface area contributed by atoms with Gasteiger partial charge in [0.05, 0.1) is 18.4 Å². The lowest BCUT2D eigenvalue weighted by atomic mass is 9.79. The van der Waals surface area contributed by atoms with Gasteiger partial charge in [0, 0.05) is 31.9 Å². The molecule has 0 aromatic carbocycles. The molecule has 0 bridgehead atoms. The number of nitrogens with zero attached hydrogens (tertiary/aromatic N) is 2. The molecular weight excluding hydrogens is 290 g/mol. The highest BCUT2D eigenvalue weighted by molar-refractivity contribution is 5.88. The van der Waals surface area contributed by atoms with Crippen molar-refractivity contribution in [2.45, 2.75) is 32.9 Å². The summed E-state index contributed by atoms with van der Waals surface area (Å²) in [7, 11) is 1.37. The van der Waals surface area contributed by atoms with Crippen LogP contribution in [0.1, 0.15) is 36.3 Å². The van der Waals surface area contributed by atoms with Gasteiger partial charge in [0.15, 0.2) is 0 Å². The summed E-state index contributed by atoms with van der Waals surface area (Å²) < 4.78 is 4.66. The number of ether oxygens (including phenoxy) is 1. The number of carbonyl (C=O) groups excluding carboxylic acids is 1. The van der Waals surface area contributed by atoms with Gasteiger partial charge in [0.25, 0.3) is 0 Å². The van der Waals surface area contributed by atoms with Gasteiger partial charge in [-0.25, -0.2) is 4.79 Å². The Morgan fingerprint density at radius 2 is 2.24 bits per heavy atom. The number of piperidine rings is 1. The van der Waals surface area contributed by atoms with E-state index in [0.29, 0.717) is 5.56 Å². The molecule has 21 heavy (non-hydrogen) atoms. The van der Waals surface area contributed by atoms with Crippen LogP contribution in [0.5, 0.6) is 0 Å². The molecule has 5 nitrogen and oxygen atoms in total. The van der Waals surface area contributed by atoms with Crippen molar-refractivity contribution in [1.82, 2.24) is 9.88 Å². The van der Waals surface area contributed by atoms with Crippen molar-refractivity contribution < 1.29 is 9.53 Å². The van der Waals surface area contributed by atoms with E-state index in [0.717, 1.165) is 31.7 Å². The second kappa shape index (κ2) is 7.20. The van der Waals surface area contributed by atoms with E-state index < -0.39 is 0 Å². The molecule has 1 aromatic rings. The van der Waals surface area contributed by atoms with E-state index in [2.05, 4.69) is 28.5 Å². The predicted octanol–water partition coefficient (Wildman–Crippen LogP) is 1.85. The van der Waals surface area contributed by atoms with E-state index in [9.17, 15) is 4.79 Å². The highest BCUT2D eigenvalue weighted by Crippen LogP contribution is 2.28. The Morgan fingerprint density at radius 3 is 2.76 bits per heavy atom. The maximum atomic E-state index is 11.3. The van der Waals surface area contributed by atoms with Crippen molar-refractivity contribution >= 4 is 18.4 Å². The van der Waals surface area contributed by atoms with Gasteiger partial charge in [0.1, 0.15) is 0 Å². The van der Waals surface area contributed by atoms with Gasteiger partial charge in [-0.1, -0.05) is 13.8 Å².